The van der Waals surface area contributed by atoms with Gasteiger partial charge in [-0.25, -0.2) is 4.73 Å². The maximum absolute atomic E-state index is 10.3. The summed E-state index contributed by atoms with van der Waals surface area (Å²) in [5.41, 5.74) is 0. The fourth-order valence-corrected chi connectivity index (χ4v) is 7.85. The fourth-order valence-electron chi connectivity index (χ4n) is 4.55. The monoisotopic (exact) mass is 475 g/mol. The minimum Gasteiger partial charge on any atom is -0.355 e. The van der Waals surface area contributed by atoms with E-state index in [0.29, 0.717) is 6.79 Å². The van der Waals surface area contributed by atoms with Gasteiger partial charge in [0.15, 0.2) is 0 Å². The normalized spacial score (nSPS) is 20.6. The van der Waals surface area contributed by atoms with Crippen LogP contribution in [0.1, 0.15) is 116 Å². The summed E-state index contributed by atoms with van der Waals surface area (Å²) in [6.45, 7) is 4.27. The van der Waals surface area contributed by atoms with Crippen LogP contribution in [0.2, 0.25) is 12.1 Å². The molecule has 0 amide bonds. The molecule has 186 valence electrons. The first-order valence-corrected chi connectivity index (χ1v) is 16.3. The van der Waals surface area contributed by atoms with Crippen molar-refractivity contribution in [2.75, 3.05) is 25.7 Å². The summed E-state index contributed by atoms with van der Waals surface area (Å²) in [5.74, 6) is 0.930. The third-order valence-corrected chi connectivity index (χ3v) is 10.2. The molecule has 0 aliphatic carbocycles. The van der Waals surface area contributed by atoms with Crippen LogP contribution in [0.4, 0.5) is 0 Å². The highest BCUT2D eigenvalue weighted by Gasteiger charge is 2.23. The van der Waals surface area contributed by atoms with Gasteiger partial charge in [0.2, 0.25) is 0 Å². The fraction of sp³-hybridized carbons (Fsp3) is 1.00. The molecule has 1 aliphatic heterocycles. The van der Waals surface area contributed by atoms with Crippen molar-refractivity contribution in [3.63, 3.8) is 0 Å². The Morgan fingerprint density at radius 3 is 2.10 bits per heavy atom. The lowest BCUT2D eigenvalue weighted by Gasteiger charge is -2.30. The number of nitrogens with zero attached hydrogens (tertiary/aromatic N) is 1. The van der Waals surface area contributed by atoms with Crippen LogP contribution in [-0.4, -0.2) is 50.7 Å². The van der Waals surface area contributed by atoms with Crippen molar-refractivity contribution in [3.05, 3.63) is 0 Å². The van der Waals surface area contributed by atoms with Crippen LogP contribution in [0.5, 0.6) is 0 Å². The zero-order chi connectivity index (χ0) is 22.4. The Morgan fingerprint density at radius 1 is 0.871 bits per heavy atom. The number of hydrogen-bond acceptors (Lipinski definition) is 5. The Labute approximate surface area is 200 Å². The van der Waals surface area contributed by atoms with E-state index in [-0.39, 0.29) is 6.10 Å². The lowest BCUT2D eigenvalue weighted by Crippen LogP contribution is -2.40. The van der Waals surface area contributed by atoms with Gasteiger partial charge in [-0.2, -0.15) is 12.6 Å². The second-order valence-electron chi connectivity index (χ2n) is 9.46. The SMILES string of the molecule is CCCCCCCCCCCCCCCOCOC1CCC[SiH](CCCS)N(O)CC1. The molecule has 4 nitrogen and oxygen atoms in total. The molecular weight excluding hydrogens is 422 g/mol. The van der Waals surface area contributed by atoms with Crippen molar-refractivity contribution in [1.29, 1.82) is 0 Å². The Morgan fingerprint density at radius 2 is 1.48 bits per heavy atom. The molecule has 31 heavy (non-hydrogen) atoms. The highest BCUT2D eigenvalue weighted by molar-refractivity contribution is 7.80. The summed E-state index contributed by atoms with van der Waals surface area (Å²) in [4.78, 5) is 0. The van der Waals surface area contributed by atoms with Crippen molar-refractivity contribution >= 4 is 21.6 Å². The van der Waals surface area contributed by atoms with Crippen molar-refractivity contribution in [3.8, 4) is 0 Å². The van der Waals surface area contributed by atoms with E-state index >= 15 is 0 Å². The quantitative estimate of drug-likeness (QED) is 0.0835. The molecule has 1 saturated heterocycles. The number of rotatable bonds is 20. The standard InChI is InChI=1S/C25H53NO3SSi/c1-2-3-4-5-6-7-8-9-10-11-12-13-14-20-28-24-29-25-17-15-22-31(23-16-21-30)26(27)19-18-25/h25,27,30-31H,2-24H2,1H3. The first kappa shape index (κ1) is 29.4. The number of hydroxylamine groups is 1. The molecule has 0 aromatic carbocycles. The van der Waals surface area contributed by atoms with Gasteiger partial charge in [-0.1, -0.05) is 90.4 Å². The number of unbranched alkanes of at least 4 members (excludes halogenated alkanes) is 12. The zero-order valence-corrected chi connectivity index (χ0v) is 22.6. The Balaban J connectivity index is 1.85. The number of hydrogen-bond donors (Lipinski definition) is 2. The highest BCUT2D eigenvalue weighted by Crippen LogP contribution is 2.20. The summed E-state index contributed by atoms with van der Waals surface area (Å²) < 4.78 is 13.3. The highest BCUT2D eigenvalue weighted by atomic mass is 32.1. The number of ether oxygens (including phenoxy) is 2. The molecule has 0 aromatic heterocycles. The maximum atomic E-state index is 10.3. The van der Waals surface area contributed by atoms with Crippen LogP contribution in [0.3, 0.4) is 0 Å². The molecule has 1 N–H and O–H groups in total. The first-order chi connectivity index (χ1) is 15.3. The van der Waals surface area contributed by atoms with Crippen molar-refractivity contribution in [1.82, 2.24) is 4.73 Å². The number of thiol groups is 1. The van der Waals surface area contributed by atoms with Crippen LogP contribution < -0.4 is 0 Å². The Hall–Kier alpha value is 0.407. The molecule has 0 bridgehead atoms. The van der Waals surface area contributed by atoms with E-state index in [9.17, 15) is 5.21 Å². The lowest BCUT2D eigenvalue weighted by molar-refractivity contribution is -0.104. The molecule has 0 spiro atoms. The average Bonchev–Trinajstić information content (AvgIpc) is 2.77. The first-order valence-electron chi connectivity index (χ1n) is 13.5. The average molecular weight is 476 g/mol. The minimum absolute atomic E-state index is 0.237. The van der Waals surface area contributed by atoms with Gasteiger partial charge in [0.25, 0.3) is 0 Å². The summed E-state index contributed by atoms with van der Waals surface area (Å²) in [6, 6.07) is 2.36. The van der Waals surface area contributed by atoms with Gasteiger partial charge in [-0.05, 0) is 43.5 Å². The van der Waals surface area contributed by atoms with Crippen LogP contribution in [0, 0.1) is 0 Å². The summed E-state index contributed by atoms with van der Waals surface area (Å²) in [7, 11) is -1.15. The molecule has 1 fully saturated rings. The van der Waals surface area contributed by atoms with Crippen molar-refractivity contribution < 1.29 is 14.7 Å². The van der Waals surface area contributed by atoms with E-state index < -0.39 is 8.96 Å². The third-order valence-electron chi connectivity index (χ3n) is 6.64. The second-order valence-corrected chi connectivity index (χ2v) is 13.0. The summed E-state index contributed by atoms with van der Waals surface area (Å²) >= 11 is 4.31. The maximum Gasteiger partial charge on any atom is 0.147 e. The predicted molar refractivity (Wildman–Crippen MR) is 139 cm³/mol. The largest absolute Gasteiger partial charge is 0.355 e. The molecule has 2 atom stereocenters. The molecule has 1 heterocycles. The van der Waals surface area contributed by atoms with Crippen LogP contribution in [0.15, 0.2) is 0 Å². The smallest absolute Gasteiger partial charge is 0.147 e. The topological polar surface area (TPSA) is 41.9 Å². The van der Waals surface area contributed by atoms with Gasteiger partial charge in [0, 0.05) is 13.2 Å². The predicted octanol–water partition coefficient (Wildman–Crippen LogP) is 7.36. The Bertz CT molecular complexity index is 379. The summed E-state index contributed by atoms with van der Waals surface area (Å²) in [5, 5.41) is 10.3. The Kier molecular flexibility index (Phi) is 21.1. The molecule has 0 radical (unpaired) electrons. The van der Waals surface area contributed by atoms with E-state index in [0.717, 1.165) is 44.6 Å². The lowest BCUT2D eigenvalue weighted by atomic mass is 10.0. The van der Waals surface area contributed by atoms with E-state index in [2.05, 4.69) is 19.6 Å². The summed E-state index contributed by atoms with van der Waals surface area (Å²) in [6.07, 6.45) is 22.5. The molecule has 1 rings (SSSR count). The zero-order valence-electron chi connectivity index (χ0n) is 20.6. The van der Waals surface area contributed by atoms with Crippen molar-refractivity contribution in [2.45, 2.75) is 134 Å². The molecule has 0 aromatic rings. The van der Waals surface area contributed by atoms with Crippen LogP contribution >= 0.6 is 12.6 Å². The van der Waals surface area contributed by atoms with E-state index in [1.807, 2.05) is 0 Å². The van der Waals surface area contributed by atoms with E-state index in [1.165, 1.54) is 95.6 Å². The van der Waals surface area contributed by atoms with Gasteiger partial charge in [0.05, 0.1) is 6.10 Å². The molecule has 1 aliphatic rings. The van der Waals surface area contributed by atoms with Gasteiger partial charge in [-0.15, -0.1) is 0 Å². The molecular formula is C25H53NO3SSi. The molecule has 2 unspecified atom stereocenters. The van der Waals surface area contributed by atoms with Gasteiger partial charge in [-0.3, -0.25) is 0 Å². The minimum atomic E-state index is -1.15. The molecule has 0 saturated carbocycles. The van der Waals surface area contributed by atoms with Crippen LogP contribution in [0.25, 0.3) is 0 Å². The van der Waals surface area contributed by atoms with Gasteiger partial charge in [0.1, 0.15) is 15.8 Å². The second kappa shape index (κ2) is 22.2. The third kappa shape index (κ3) is 17.5. The molecule has 6 heteroatoms. The van der Waals surface area contributed by atoms with E-state index in [1.54, 1.807) is 4.73 Å². The van der Waals surface area contributed by atoms with E-state index in [4.69, 9.17) is 9.47 Å². The van der Waals surface area contributed by atoms with Crippen LogP contribution in [-0.2, 0) is 9.47 Å². The van der Waals surface area contributed by atoms with Crippen molar-refractivity contribution in [2.24, 2.45) is 0 Å². The van der Waals surface area contributed by atoms with Gasteiger partial charge >= 0.3 is 0 Å². The van der Waals surface area contributed by atoms with Gasteiger partial charge < -0.3 is 14.7 Å².